The third-order valence-electron chi connectivity index (χ3n) is 5.38. The second-order valence-electron chi connectivity index (χ2n) is 8.14. The lowest BCUT2D eigenvalue weighted by Gasteiger charge is -2.47. The van der Waals surface area contributed by atoms with Crippen LogP contribution in [0.4, 0.5) is 5.69 Å². The highest BCUT2D eigenvalue weighted by molar-refractivity contribution is 6.35. The van der Waals surface area contributed by atoms with Crippen LogP contribution in [0.5, 0.6) is 5.75 Å². The smallest absolute Gasteiger partial charge is 0.277 e. The van der Waals surface area contributed by atoms with Crippen LogP contribution >= 0.6 is 23.2 Å². The molecule has 2 aromatic rings. The van der Waals surface area contributed by atoms with Crippen LogP contribution in [0.15, 0.2) is 41.5 Å². The van der Waals surface area contributed by atoms with Gasteiger partial charge in [0.15, 0.2) is 6.61 Å². The van der Waals surface area contributed by atoms with Crippen molar-refractivity contribution in [3.8, 4) is 5.75 Å². The molecule has 0 aromatic heterocycles. The van der Waals surface area contributed by atoms with Crippen LogP contribution in [0.3, 0.4) is 0 Å². The van der Waals surface area contributed by atoms with E-state index in [1.165, 1.54) is 11.3 Å². The molecule has 0 saturated carbocycles. The maximum atomic E-state index is 12.0. The highest BCUT2D eigenvalue weighted by atomic mass is 35.5. The van der Waals surface area contributed by atoms with Crippen molar-refractivity contribution in [2.75, 3.05) is 18.1 Å². The lowest BCUT2D eigenvalue weighted by atomic mass is 9.79. The van der Waals surface area contributed by atoms with Crippen LogP contribution in [-0.4, -0.2) is 30.8 Å². The van der Waals surface area contributed by atoms with Crippen molar-refractivity contribution < 1.29 is 9.53 Å². The number of halogens is 2. The van der Waals surface area contributed by atoms with E-state index < -0.39 is 0 Å². The van der Waals surface area contributed by atoms with Crippen molar-refractivity contribution in [3.63, 3.8) is 0 Å². The quantitative estimate of drug-likeness (QED) is 0.460. The third-order valence-corrected chi connectivity index (χ3v) is 5.91. The van der Waals surface area contributed by atoms with E-state index in [0.29, 0.717) is 21.7 Å². The topological polar surface area (TPSA) is 53.9 Å². The summed E-state index contributed by atoms with van der Waals surface area (Å²) in [6.45, 7) is 9.80. The van der Waals surface area contributed by atoms with E-state index in [-0.39, 0.29) is 18.1 Å². The van der Waals surface area contributed by atoms with Crippen molar-refractivity contribution in [2.45, 2.75) is 45.6 Å². The number of ether oxygens (including phenoxy) is 1. The lowest BCUT2D eigenvalue weighted by molar-refractivity contribution is -0.123. The van der Waals surface area contributed by atoms with Crippen LogP contribution in [0.2, 0.25) is 10.0 Å². The average molecular weight is 448 g/mol. The van der Waals surface area contributed by atoms with Crippen LogP contribution in [0, 0.1) is 0 Å². The van der Waals surface area contributed by atoms with Crippen LogP contribution in [-0.2, 0) is 4.79 Å². The first-order valence-electron chi connectivity index (χ1n) is 10.0. The van der Waals surface area contributed by atoms with Gasteiger partial charge in [0.2, 0.25) is 0 Å². The van der Waals surface area contributed by atoms with E-state index in [0.717, 1.165) is 18.5 Å². The molecule has 0 aliphatic carbocycles. The molecule has 0 radical (unpaired) electrons. The first-order chi connectivity index (χ1) is 14.2. The Kier molecular flexibility index (Phi) is 6.94. The van der Waals surface area contributed by atoms with E-state index in [4.69, 9.17) is 27.9 Å². The van der Waals surface area contributed by atoms with Gasteiger partial charge in [0.25, 0.3) is 5.91 Å². The highest BCUT2D eigenvalue weighted by Crippen LogP contribution is 2.43. The number of nitrogens with one attached hydrogen (secondary N) is 1. The fraction of sp³-hybridized carbons (Fsp3) is 0.391. The minimum absolute atomic E-state index is 0.137. The third kappa shape index (κ3) is 5.08. The zero-order valence-electron chi connectivity index (χ0n) is 17.7. The highest BCUT2D eigenvalue weighted by Gasteiger charge is 2.35. The maximum absolute atomic E-state index is 12.0. The molecule has 1 N–H and O–H groups in total. The molecule has 0 saturated heterocycles. The molecule has 1 aliphatic rings. The number of rotatable bonds is 6. The molecule has 1 unspecified atom stereocenters. The summed E-state index contributed by atoms with van der Waals surface area (Å²) in [5.74, 6) is 0.480. The van der Waals surface area contributed by atoms with Crippen LogP contribution < -0.4 is 15.1 Å². The van der Waals surface area contributed by atoms with E-state index >= 15 is 0 Å². The summed E-state index contributed by atoms with van der Waals surface area (Å²) in [6.07, 6.45) is 2.74. The summed E-state index contributed by atoms with van der Waals surface area (Å²) >= 11 is 11.9. The normalized spacial score (nSPS) is 17.7. The van der Waals surface area contributed by atoms with Gasteiger partial charge in [-0.3, -0.25) is 4.79 Å². The Morgan fingerprint density at radius 1 is 1.30 bits per heavy atom. The zero-order valence-corrected chi connectivity index (χ0v) is 19.2. The van der Waals surface area contributed by atoms with Crippen molar-refractivity contribution in [2.24, 2.45) is 5.10 Å². The molecule has 1 amide bonds. The van der Waals surface area contributed by atoms with Gasteiger partial charge >= 0.3 is 0 Å². The fourth-order valence-electron chi connectivity index (χ4n) is 4.13. The molecule has 160 valence electrons. The van der Waals surface area contributed by atoms with Gasteiger partial charge in [0, 0.05) is 22.8 Å². The first-order valence-corrected chi connectivity index (χ1v) is 10.8. The summed E-state index contributed by atoms with van der Waals surface area (Å²) in [5.41, 5.74) is 6.15. The summed E-state index contributed by atoms with van der Waals surface area (Å²) in [7, 11) is 0. The summed E-state index contributed by atoms with van der Waals surface area (Å²) in [5, 5.41) is 4.92. The number of benzene rings is 2. The Balaban J connectivity index is 1.61. The predicted molar refractivity (Wildman–Crippen MR) is 124 cm³/mol. The van der Waals surface area contributed by atoms with Crippen LogP contribution in [0.1, 0.15) is 51.2 Å². The van der Waals surface area contributed by atoms with Gasteiger partial charge in [-0.15, -0.1) is 0 Å². The number of nitrogens with zero attached hydrogens (tertiary/aromatic N) is 2. The number of fused-ring (bicyclic) bond motifs is 1. The predicted octanol–water partition coefficient (Wildman–Crippen LogP) is 5.63. The maximum Gasteiger partial charge on any atom is 0.277 e. The number of anilines is 1. The summed E-state index contributed by atoms with van der Waals surface area (Å²) < 4.78 is 5.41. The van der Waals surface area contributed by atoms with Gasteiger partial charge in [-0.05, 0) is 74.6 Å². The lowest BCUT2D eigenvalue weighted by Crippen LogP contribution is -2.48. The van der Waals surface area contributed by atoms with Gasteiger partial charge in [-0.1, -0.05) is 36.2 Å². The summed E-state index contributed by atoms with van der Waals surface area (Å²) in [6, 6.07) is 11.2. The van der Waals surface area contributed by atoms with Crippen molar-refractivity contribution in [1.29, 1.82) is 0 Å². The second kappa shape index (κ2) is 9.27. The molecule has 1 aliphatic heterocycles. The number of amides is 1. The molecule has 1 heterocycles. The molecule has 3 rings (SSSR count). The van der Waals surface area contributed by atoms with Crippen LogP contribution in [0.25, 0.3) is 0 Å². The number of carbonyl (C=O) groups excluding carboxylic acids is 1. The number of hydrogen-bond acceptors (Lipinski definition) is 4. The molecular formula is C23H27Cl2N3O2. The van der Waals surface area contributed by atoms with E-state index in [9.17, 15) is 4.79 Å². The largest absolute Gasteiger partial charge is 0.482 e. The van der Waals surface area contributed by atoms with E-state index in [2.05, 4.69) is 55.3 Å². The number of carbonyl (C=O) groups is 1. The molecular weight excluding hydrogens is 421 g/mol. The van der Waals surface area contributed by atoms with Gasteiger partial charge in [0.05, 0.1) is 11.2 Å². The SMILES string of the molecule is CCN1c2ccc(/C=N/NC(=O)COc3ccc(Cl)cc3Cl)cc2C(C)CC1(C)C. The Morgan fingerprint density at radius 2 is 2.07 bits per heavy atom. The minimum atomic E-state index is -0.373. The first kappa shape index (κ1) is 22.4. The Bertz CT molecular complexity index is 959. The second-order valence-corrected chi connectivity index (χ2v) is 8.98. The Labute approximate surface area is 188 Å². The number of hydrazone groups is 1. The molecule has 0 fully saturated rings. The minimum Gasteiger partial charge on any atom is -0.482 e. The fourth-order valence-corrected chi connectivity index (χ4v) is 4.60. The number of hydrogen-bond donors (Lipinski definition) is 1. The average Bonchev–Trinajstić information content (AvgIpc) is 2.67. The molecule has 5 nitrogen and oxygen atoms in total. The molecule has 7 heteroatoms. The molecule has 1 atom stereocenters. The standard InChI is InChI=1S/C23H27Cl2N3O2/c1-5-28-20-8-6-16(10-18(20)15(2)12-23(28,3)4)13-26-27-22(29)14-30-21-9-7-17(24)11-19(21)25/h6-11,13,15H,5,12,14H2,1-4H3,(H,27,29)/b26-13+. The molecule has 0 bridgehead atoms. The molecule has 2 aromatic carbocycles. The van der Waals surface area contributed by atoms with E-state index in [1.54, 1.807) is 24.4 Å². The van der Waals surface area contributed by atoms with Gasteiger partial charge < -0.3 is 9.64 Å². The van der Waals surface area contributed by atoms with Crippen molar-refractivity contribution in [1.82, 2.24) is 5.43 Å². The Morgan fingerprint density at radius 3 is 2.77 bits per heavy atom. The summed E-state index contributed by atoms with van der Waals surface area (Å²) in [4.78, 5) is 14.4. The van der Waals surface area contributed by atoms with E-state index in [1.807, 2.05) is 6.07 Å². The Hall–Kier alpha value is -2.24. The van der Waals surface area contributed by atoms with Crippen molar-refractivity contribution in [3.05, 3.63) is 57.6 Å². The monoisotopic (exact) mass is 447 g/mol. The van der Waals surface area contributed by atoms with Gasteiger partial charge in [-0.2, -0.15) is 5.10 Å². The zero-order chi connectivity index (χ0) is 21.9. The van der Waals surface area contributed by atoms with Gasteiger partial charge in [-0.25, -0.2) is 5.43 Å². The van der Waals surface area contributed by atoms with Crippen molar-refractivity contribution >= 4 is 41.0 Å². The molecule has 0 spiro atoms. The van der Waals surface area contributed by atoms with Gasteiger partial charge in [0.1, 0.15) is 5.75 Å². The molecule has 30 heavy (non-hydrogen) atoms.